The first-order valence-electron chi connectivity index (χ1n) is 9.05. The molecule has 1 aliphatic heterocycles. The lowest BCUT2D eigenvalue weighted by Crippen LogP contribution is -2.31. The van der Waals surface area contributed by atoms with Crippen LogP contribution in [0.5, 0.6) is 0 Å². The molecule has 1 aromatic rings. The van der Waals surface area contributed by atoms with Crippen molar-refractivity contribution in [3.63, 3.8) is 0 Å². The van der Waals surface area contributed by atoms with Gasteiger partial charge in [-0.25, -0.2) is 5.43 Å². The minimum Gasteiger partial charge on any atom is -0.359 e. The van der Waals surface area contributed by atoms with Crippen LogP contribution in [0.25, 0.3) is 0 Å². The van der Waals surface area contributed by atoms with Gasteiger partial charge in [-0.1, -0.05) is 38.5 Å². The van der Waals surface area contributed by atoms with E-state index in [0.717, 1.165) is 41.9 Å². The molecule has 0 aromatic heterocycles. The van der Waals surface area contributed by atoms with Crippen LogP contribution in [-0.4, -0.2) is 17.4 Å². The van der Waals surface area contributed by atoms with Crippen molar-refractivity contribution in [1.82, 2.24) is 5.43 Å². The van der Waals surface area contributed by atoms with E-state index in [2.05, 4.69) is 28.8 Å². The number of nitrogens with zero attached hydrogens (tertiary/aromatic N) is 1. The number of benzene rings is 1. The molecule has 25 heavy (non-hydrogen) atoms. The van der Waals surface area contributed by atoms with Gasteiger partial charge in [0.05, 0.1) is 11.6 Å². The fourth-order valence-electron chi connectivity index (χ4n) is 3.50. The first-order valence-corrected chi connectivity index (χ1v) is 9.05. The molecule has 3 rings (SSSR count). The minimum atomic E-state index is -0.0367. The predicted octanol–water partition coefficient (Wildman–Crippen LogP) is 3.62. The van der Waals surface area contributed by atoms with Gasteiger partial charge in [0.2, 0.25) is 5.91 Å². The Morgan fingerprint density at radius 3 is 2.68 bits per heavy atom. The van der Waals surface area contributed by atoms with E-state index >= 15 is 0 Å². The summed E-state index contributed by atoms with van der Waals surface area (Å²) in [5, 5.41) is 7.62. The van der Waals surface area contributed by atoms with Crippen LogP contribution in [0.2, 0.25) is 0 Å². The Bertz CT molecular complexity index is 719. The lowest BCUT2D eigenvalue weighted by Gasteiger charge is -2.24. The number of allylic oxidation sites excluding steroid dienone is 2. The van der Waals surface area contributed by atoms with Crippen molar-refractivity contribution in [2.45, 2.75) is 46.0 Å². The Morgan fingerprint density at radius 1 is 1.24 bits per heavy atom. The normalized spacial score (nSPS) is 23.6. The molecule has 1 aromatic carbocycles. The zero-order chi connectivity index (χ0) is 17.8. The number of carbonyl (C=O) groups is 2. The summed E-state index contributed by atoms with van der Waals surface area (Å²) in [6.45, 7) is 4.12. The maximum atomic E-state index is 12.2. The quantitative estimate of drug-likeness (QED) is 0.861. The van der Waals surface area contributed by atoms with Crippen molar-refractivity contribution in [3.05, 3.63) is 41.6 Å². The van der Waals surface area contributed by atoms with E-state index in [9.17, 15) is 9.59 Å². The summed E-state index contributed by atoms with van der Waals surface area (Å²) in [5.41, 5.74) is 6.47. The van der Waals surface area contributed by atoms with Crippen LogP contribution in [0.1, 0.15) is 51.5 Å². The van der Waals surface area contributed by atoms with Gasteiger partial charge in [-0.05, 0) is 30.5 Å². The van der Waals surface area contributed by atoms with Crippen LogP contribution >= 0.6 is 0 Å². The van der Waals surface area contributed by atoms with Gasteiger partial charge in [0, 0.05) is 30.1 Å². The SMILES string of the molecule is CCCC1C(=O)CCC=C1Nc1ccc(C2=NNC(=O)CC2C)cc1. The molecule has 5 heteroatoms. The van der Waals surface area contributed by atoms with E-state index in [1.54, 1.807) is 0 Å². The molecule has 0 saturated heterocycles. The van der Waals surface area contributed by atoms with Crippen molar-refractivity contribution in [3.8, 4) is 0 Å². The Morgan fingerprint density at radius 2 is 2.00 bits per heavy atom. The third-order valence-electron chi connectivity index (χ3n) is 4.83. The number of hydrogen-bond donors (Lipinski definition) is 2. The highest BCUT2D eigenvalue weighted by atomic mass is 16.2. The fraction of sp³-hybridized carbons (Fsp3) is 0.450. The molecular formula is C20H25N3O2. The summed E-state index contributed by atoms with van der Waals surface area (Å²) in [6.07, 6.45) is 5.97. The van der Waals surface area contributed by atoms with Crippen molar-refractivity contribution >= 4 is 23.1 Å². The van der Waals surface area contributed by atoms with Gasteiger partial charge in [-0.2, -0.15) is 5.10 Å². The van der Waals surface area contributed by atoms with E-state index in [1.807, 2.05) is 31.2 Å². The standard InChI is InChI=1S/C20H25N3O2/c1-3-5-16-17(6-4-7-18(16)24)21-15-10-8-14(9-11-15)20-13(2)12-19(25)22-23-20/h6,8-11,13,16,21H,3-5,7,12H2,1-2H3,(H,22,25). The Balaban J connectivity index is 1.73. The average molecular weight is 339 g/mol. The molecule has 1 aliphatic carbocycles. The monoisotopic (exact) mass is 339 g/mol. The molecule has 1 amide bonds. The van der Waals surface area contributed by atoms with Gasteiger partial charge >= 0.3 is 0 Å². The van der Waals surface area contributed by atoms with Crippen LogP contribution in [0.15, 0.2) is 41.1 Å². The van der Waals surface area contributed by atoms with Gasteiger partial charge in [0.25, 0.3) is 0 Å². The number of hydrogen-bond acceptors (Lipinski definition) is 4. The number of Topliss-reactive ketones (excluding diaryl/α,β-unsaturated/α-hetero) is 1. The van der Waals surface area contributed by atoms with E-state index in [0.29, 0.717) is 18.6 Å². The van der Waals surface area contributed by atoms with Crippen LogP contribution in [0.4, 0.5) is 5.69 Å². The first kappa shape index (κ1) is 17.4. The van der Waals surface area contributed by atoms with Crippen LogP contribution in [0, 0.1) is 11.8 Å². The van der Waals surface area contributed by atoms with Gasteiger partial charge in [-0.15, -0.1) is 0 Å². The molecule has 5 nitrogen and oxygen atoms in total. The Hall–Kier alpha value is -2.43. The molecule has 0 saturated carbocycles. The molecule has 1 heterocycles. The molecule has 2 aliphatic rings. The number of anilines is 1. The first-order chi connectivity index (χ1) is 12.1. The molecule has 2 atom stereocenters. The third-order valence-corrected chi connectivity index (χ3v) is 4.83. The van der Waals surface area contributed by atoms with E-state index < -0.39 is 0 Å². The molecule has 0 bridgehead atoms. The largest absolute Gasteiger partial charge is 0.359 e. The van der Waals surface area contributed by atoms with Gasteiger partial charge in [-0.3, -0.25) is 9.59 Å². The summed E-state index contributed by atoms with van der Waals surface area (Å²) >= 11 is 0. The summed E-state index contributed by atoms with van der Waals surface area (Å²) in [7, 11) is 0. The Labute approximate surface area is 148 Å². The summed E-state index contributed by atoms with van der Waals surface area (Å²) in [4.78, 5) is 23.6. The number of amides is 1. The van der Waals surface area contributed by atoms with Gasteiger partial charge in [0.1, 0.15) is 5.78 Å². The second-order valence-corrected chi connectivity index (χ2v) is 6.85. The maximum Gasteiger partial charge on any atom is 0.240 e. The maximum absolute atomic E-state index is 12.2. The van der Waals surface area contributed by atoms with Crippen LogP contribution in [-0.2, 0) is 9.59 Å². The van der Waals surface area contributed by atoms with Crippen molar-refractivity contribution in [2.24, 2.45) is 16.9 Å². The summed E-state index contributed by atoms with van der Waals surface area (Å²) in [5.74, 6) is 0.409. The summed E-state index contributed by atoms with van der Waals surface area (Å²) < 4.78 is 0. The van der Waals surface area contributed by atoms with E-state index in [-0.39, 0.29) is 17.7 Å². The molecule has 0 radical (unpaired) electrons. The molecule has 0 spiro atoms. The number of nitrogens with one attached hydrogen (secondary N) is 2. The van der Waals surface area contributed by atoms with Crippen molar-refractivity contribution in [2.75, 3.05) is 5.32 Å². The predicted molar refractivity (Wildman–Crippen MR) is 99.2 cm³/mol. The van der Waals surface area contributed by atoms with Crippen molar-refractivity contribution < 1.29 is 9.59 Å². The van der Waals surface area contributed by atoms with Gasteiger partial charge in [0.15, 0.2) is 0 Å². The highest BCUT2D eigenvalue weighted by Gasteiger charge is 2.25. The number of rotatable bonds is 5. The average Bonchev–Trinajstić information content (AvgIpc) is 2.59. The molecule has 2 unspecified atom stereocenters. The van der Waals surface area contributed by atoms with E-state index in [1.165, 1.54) is 0 Å². The highest BCUT2D eigenvalue weighted by Crippen LogP contribution is 2.28. The molecule has 132 valence electrons. The Kier molecular flexibility index (Phi) is 5.31. The van der Waals surface area contributed by atoms with E-state index in [4.69, 9.17) is 0 Å². The lowest BCUT2D eigenvalue weighted by molar-refractivity contribution is -0.122. The lowest BCUT2D eigenvalue weighted by atomic mass is 9.87. The van der Waals surface area contributed by atoms with Crippen LogP contribution in [0.3, 0.4) is 0 Å². The van der Waals surface area contributed by atoms with Crippen LogP contribution < -0.4 is 10.7 Å². The number of hydrazone groups is 1. The molecule has 2 N–H and O–H groups in total. The molecule has 0 fully saturated rings. The zero-order valence-electron chi connectivity index (χ0n) is 14.8. The minimum absolute atomic E-state index is 0.00335. The topological polar surface area (TPSA) is 70.6 Å². The zero-order valence-corrected chi connectivity index (χ0v) is 14.8. The highest BCUT2D eigenvalue weighted by molar-refractivity contribution is 6.05. The third kappa shape index (κ3) is 3.98. The summed E-state index contributed by atoms with van der Waals surface area (Å²) in [6, 6.07) is 8.03. The molecular weight excluding hydrogens is 314 g/mol. The fourth-order valence-corrected chi connectivity index (χ4v) is 3.50. The second-order valence-electron chi connectivity index (χ2n) is 6.85. The second kappa shape index (κ2) is 7.64. The number of carbonyl (C=O) groups excluding carboxylic acids is 2. The smallest absolute Gasteiger partial charge is 0.240 e. The van der Waals surface area contributed by atoms with Crippen molar-refractivity contribution in [1.29, 1.82) is 0 Å². The van der Waals surface area contributed by atoms with Gasteiger partial charge < -0.3 is 5.32 Å². The number of ketones is 1.